The molecule has 19 heavy (non-hydrogen) atoms. The second-order valence-corrected chi connectivity index (χ2v) is 4.85. The number of nitrogens with one attached hydrogen (secondary N) is 1. The fourth-order valence-electron chi connectivity index (χ4n) is 1.84. The van der Waals surface area contributed by atoms with E-state index in [1.54, 1.807) is 18.3 Å². The molecule has 0 aliphatic carbocycles. The van der Waals surface area contributed by atoms with E-state index in [2.05, 4.69) is 10.3 Å². The number of halogens is 1. The number of rotatable bonds is 3. The van der Waals surface area contributed by atoms with Gasteiger partial charge in [-0.2, -0.15) is 0 Å². The van der Waals surface area contributed by atoms with E-state index >= 15 is 0 Å². The summed E-state index contributed by atoms with van der Waals surface area (Å²) >= 11 is 5.90. The highest BCUT2D eigenvalue weighted by atomic mass is 35.5. The molecule has 0 saturated carbocycles. The van der Waals surface area contributed by atoms with Gasteiger partial charge in [-0.3, -0.25) is 4.79 Å². The van der Waals surface area contributed by atoms with Crippen molar-refractivity contribution in [1.29, 1.82) is 0 Å². The second kappa shape index (κ2) is 5.85. The van der Waals surface area contributed by atoms with Crippen LogP contribution < -0.4 is 5.32 Å². The second-order valence-electron chi connectivity index (χ2n) is 4.50. The van der Waals surface area contributed by atoms with Crippen molar-refractivity contribution in [2.45, 2.75) is 20.3 Å². The molecule has 1 amide bonds. The zero-order valence-electron chi connectivity index (χ0n) is 10.9. The average molecular weight is 275 g/mol. The quantitative estimate of drug-likeness (QED) is 0.870. The van der Waals surface area contributed by atoms with Gasteiger partial charge in [0.15, 0.2) is 5.15 Å². The molecule has 0 atom stereocenters. The van der Waals surface area contributed by atoms with Crippen molar-refractivity contribution in [3.05, 3.63) is 58.4 Å². The molecule has 0 unspecified atom stereocenters. The van der Waals surface area contributed by atoms with Crippen LogP contribution in [0.1, 0.15) is 16.7 Å². The Bertz CT molecular complexity index is 611. The maximum atomic E-state index is 12.0. The summed E-state index contributed by atoms with van der Waals surface area (Å²) in [5.41, 5.74) is 3.82. The molecule has 2 rings (SSSR count). The van der Waals surface area contributed by atoms with E-state index in [1.807, 2.05) is 32.0 Å². The SMILES string of the molecule is Cc1ccc(C)c(CC(=O)Nc2cccnc2Cl)c1. The van der Waals surface area contributed by atoms with Crippen molar-refractivity contribution >= 4 is 23.2 Å². The predicted molar refractivity (Wildman–Crippen MR) is 77.5 cm³/mol. The topological polar surface area (TPSA) is 42.0 Å². The van der Waals surface area contributed by atoms with Crippen molar-refractivity contribution in [1.82, 2.24) is 4.98 Å². The van der Waals surface area contributed by atoms with Crippen LogP contribution >= 0.6 is 11.6 Å². The number of pyridine rings is 1. The molecule has 3 nitrogen and oxygen atoms in total. The number of aromatic nitrogens is 1. The molecule has 0 spiro atoms. The Kier molecular flexibility index (Phi) is 4.17. The van der Waals surface area contributed by atoms with Crippen LogP contribution in [0.4, 0.5) is 5.69 Å². The Hall–Kier alpha value is -1.87. The first-order chi connectivity index (χ1) is 9.06. The Labute approximate surface area is 117 Å². The first-order valence-electron chi connectivity index (χ1n) is 6.03. The number of hydrogen-bond acceptors (Lipinski definition) is 2. The molecule has 4 heteroatoms. The highest BCUT2D eigenvalue weighted by Crippen LogP contribution is 2.18. The maximum absolute atomic E-state index is 12.0. The Morgan fingerprint density at radius 2 is 2.11 bits per heavy atom. The third-order valence-electron chi connectivity index (χ3n) is 2.89. The van der Waals surface area contributed by atoms with Crippen LogP contribution in [0.25, 0.3) is 0 Å². The minimum absolute atomic E-state index is 0.0939. The van der Waals surface area contributed by atoms with Gasteiger partial charge in [-0.25, -0.2) is 4.98 Å². The molecule has 1 aromatic carbocycles. The molecule has 0 fully saturated rings. The van der Waals surface area contributed by atoms with Crippen molar-refractivity contribution < 1.29 is 4.79 Å². The molecule has 0 aliphatic rings. The van der Waals surface area contributed by atoms with Crippen molar-refractivity contribution in [2.24, 2.45) is 0 Å². The van der Waals surface area contributed by atoms with Gasteiger partial charge in [0.25, 0.3) is 0 Å². The van der Waals surface area contributed by atoms with E-state index in [-0.39, 0.29) is 5.91 Å². The van der Waals surface area contributed by atoms with Gasteiger partial charge in [0, 0.05) is 6.20 Å². The van der Waals surface area contributed by atoms with E-state index in [4.69, 9.17) is 11.6 Å². The van der Waals surface area contributed by atoms with Crippen molar-refractivity contribution in [3.8, 4) is 0 Å². The first kappa shape index (κ1) is 13.6. The summed E-state index contributed by atoms with van der Waals surface area (Å²) in [6.45, 7) is 4.01. The Morgan fingerprint density at radius 3 is 2.84 bits per heavy atom. The fraction of sp³-hybridized carbons (Fsp3) is 0.200. The molecule has 0 radical (unpaired) electrons. The van der Waals surface area contributed by atoms with E-state index in [9.17, 15) is 4.79 Å². The zero-order chi connectivity index (χ0) is 13.8. The van der Waals surface area contributed by atoms with Gasteiger partial charge in [0.2, 0.25) is 5.91 Å². The summed E-state index contributed by atoms with van der Waals surface area (Å²) in [4.78, 5) is 15.9. The number of amides is 1. The Morgan fingerprint density at radius 1 is 1.32 bits per heavy atom. The van der Waals surface area contributed by atoms with Crippen LogP contribution in [0.15, 0.2) is 36.5 Å². The molecule has 0 aliphatic heterocycles. The normalized spacial score (nSPS) is 10.3. The van der Waals surface area contributed by atoms with Crippen molar-refractivity contribution in [3.63, 3.8) is 0 Å². The minimum Gasteiger partial charge on any atom is -0.323 e. The number of nitrogens with zero attached hydrogens (tertiary/aromatic N) is 1. The molecule has 0 bridgehead atoms. The highest BCUT2D eigenvalue weighted by Gasteiger charge is 2.09. The molecule has 1 N–H and O–H groups in total. The van der Waals surface area contributed by atoms with Gasteiger partial charge in [0.05, 0.1) is 12.1 Å². The molecule has 98 valence electrons. The van der Waals surface area contributed by atoms with Crippen LogP contribution in [0.2, 0.25) is 5.15 Å². The standard InChI is InChI=1S/C15H15ClN2O/c1-10-5-6-11(2)12(8-10)9-14(19)18-13-4-3-7-17-15(13)16/h3-8H,9H2,1-2H3,(H,18,19). The maximum Gasteiger partial charge on any atom is 0.228 e. The number of benzene rings is 1. The van der Waals surface area contributed by atoms with Gasteiger partial charge in [-0.1, -0.05) is 35.4 Å². The van der Waals surface area contributed by atoms with Gasteiger partial charge in [0.1, 0.15) is 0 Å². The summed E-state index contributed by atoms with van der Waals surface area (Å²) in [6.07, 6.45) is 1.92. The van der Waals surface area contributed by atoms with Crippen LogP contribution in [0.5, 0.6) is 0 Å². The van der Waals surface area contributed by atoms with E-state index in [0.29, 0.717) is 17.3 Å². The lowest BCUT2D eigenvalue weighted by Crippen LogP contribution is -2.15. The predicted octanol–water partition coefficient (Wildman–Crippen LogP) is 3.53. The summed E-state index contributed by atoms with van der Waals surface area (Å²) in [5.74, 6) is -0.0939. The lowest BCUT2D eigenvalue weighted by atomic mass is 10.0. The molecule has 1 heterocycles. The lowest BCUT2D eigenvalue weighted by Gasteiger charge is -2.09. The highest BCUT2D eigenvalue weighted by molar-refractivity contribution is 6.32. The van der Waals surface area contributed by atoms with Gasteiger partial charge < -0.3 is 5.32 Å². The number of hydrogen-bond donors (Lipinski definition) is 1. The summed E-state index contributed by atoms with van der Waals surface area (Å²) in [5, 5.41) is 3.07. The number of carbonyl (C=O) groups excluding carboxylic acids is 1. The van der Waals surface area contributed by atoms with Crippen LogP contribution in [0.3, 0.4) is 0 Å². The lowest BCUT2D eigenvalue weighted by molar-refractivity contribution is -0.115. The zero-order valence-corrected chi connectivity index (χ0v) is 11.7. The smallest absolute Gasteiger partial charge is 0.228 e. The molecular weight excluding hydrogens is 260 g/mol. The molecular formula is C15H15ClN2O. The van der Waals surface area contributed by atoms with Crippen molar-refractivity contribution in [2.75, 3.05) is 5.32 Å². The molecule has 2 aromatic rings. The summed E-state index contributed by atoms with van der Waals surface area (Å²) in [6, 6.07) is 9.55. The van der Waals surface area contributed by atoms with Crippen LogP contribution in [-0.2, 0) is 11.2 Å². The number of anilines is 1. The fourth-order valence-corrected chi connectivity index (χ4v) is 2.00. The van der Waals surface area contributed by atoms with E-state index in [0.717, 1.165) is 16.7 Å². The first-order valence-corrected chi connectivity index (χ1v) is 6.40. The van der Waals surface area contributed by atoms with Gasteiger partial charge in [-0.15, -0.1) is 0 Å². The van der Waals surface area contributed by atoms with Crippen LogP contribution in [0, 0.1) is 13.8 Å². The Balaban J connectivity index is 2.10. The average Bonchev–Trinajstić information content (AvgIpc) is 2.37. The number of carbonyl (C=O) groups is 1. The summed E-state index contributed by atoms with van der Waals surface area (Å²) < 4.78 is 0. The minimum atomic E-state index is -0.0939. The third kappa shape index (κ3) is 3.55. The van der Waals surface area contributed by atoms with Crippen LogP contribution in [-0.4, -0.2) is 10.9 Å². The largest absolute Gasteiger partial charge is 0.323 e. The monoisotopic (exact) mass is 274 g/mol. The molecule has 0 saturated heterocycles. The third-order valence-corrected chi connectivity index (χ3v) is 3.19. The van der Waals surface area contributed by atoms with E-state index < -0.39 is 0 Å². The van der Waals surface area contributed by atoms with E-state index in [1.165, 1.54) is 0 Å². The van der Waals surface area contributed by atoms with Gasteiger partial charge in [-0.05, 0) is 37.1 Å². The molecule has 1 aromatic heterocycles. The summed E-state index contributed by atoms with van der Waals surface area (Å²) in [7, 11) is 0. The number of aryl methyl sites for hydroxylation is 2. The van der Waals surface area contributed by atoms with Gasteiger partial charge >= 0.3 is 0 Å².